The lowest BCUT2D eigenvalue weighted by Gasteiger charge is -2.25. The van der Waals surface area contributed by atoms with E-state index in [0.717, 1.165) is 31.6 Å². The molecule has 0 bridgehead atoms. The van der Waals surface area contributed by atoms with E-state index in [1.54, 1.807) is 0 Å². The van der Waals surface area contributed by atoms with Gasteiger partial charge in [-0.25, -0.2) is 0 Å². The van der Waals surface area contributed by atoms with Crippen molar-refractivity contribution in [2.75, 3.05) is 18.0 Å². The summed E-state index contributed by atoms with van der Waals surface area (Å²) in [6, 6.07) is 5.34. The van der Waals surface area contributed by atoms with E-state index in [0.29, 0.717) is 11.6 Å². The lowest BCUT2D eigenvalue weighted by Crippen LogP contribution is -2.27. The molecule has 1 aromatic carbocycles. The molecule has 0 radical (unpaired) electrons. The molecular formula is C15H17F3N2. The Morgan fingerprint density at radius 3 is 2.55 bits per heavy atom. The summed E-state index contributed by atoms with van der Waals surface area (Å²) < 4.78 is 38.0. The fraction of sp³-hybridized carbons (Fsp3) is 0.533. The van der Waals surface area contributed by atoms with Crippen molar-refractivity contribution in [2.45, 2.75) is 32.4 Å². The summed E-state index contributed by atoms with van der Waals surface area (Å²) in [4.78, 5) is 2.04. The maximum Gasteiger partial charge on any atom is 0.416 e. The van der Waals surface area contributed by atoms with E-state index in [-0.39, 0.29) is 5.56 Å². The van der Waals surface area contributed by atoms with Gasteiger partial charge in [0.1, 0.15) is 6.07 Å². The minimum absolute atomic E-state index is 0.105. The van der Waals surface area contributed by atoms with Gasteiger partial charge in [-0.3, -0.25) is 0 Å². The van der Waals surface area contributed by atoms with Crippen LogP contribution in [0, 0.1) is 17.2 Å². The van der Waals surface area contributed by atoms with Gasteiger partial charge < -0.3 is 4.90 Å². The largest absolute Gasteiger partial charge is 0.416 e. The Hall–Kier alpha value is -1.70. The van der Waals surface area contributed by atoms with E-state index in [4.69, 9.17) is 5.26 Å². The van der Waals surface area contributed by atoms with Crippen molar-refractivity contribution in [3.63, 3.8) is 0 Å². The van der Waals surface area contributed by atoms with Gasteiger partial charge in [-0.05, 0) is 43.4 Å². The summed E-state index contributed by atoms with van der Waals surface area (Å²) in [6.45, 7) is 3.61. The Morgan fingerprint density at radius 2 is 2.05 bits per heavy atom. The molecule has 1 fully saturated rings. The highest BCUT2D eigenvalue weighted by Gasteiger charge is 2.32. The zero-order valence-electron chi connectivity index (χ0n) is 11.4. The third-order valence-corrected chi connectivity index (χ3v) is 3.45. The second kappa shape index (κ2) is 5.74. The summed E-state index contributed by atoms with van der Waals surface area (Å²) in [5, 5.41) is 9.13. The van der Waals surface area contributed by atoms with E-state index in [2.05, 4.69) is 0 Å². The molecule has 2 nitrogen and oxygen atoms in total. The molecule has 0 saturated heterocycles. The number of hydrogen-bond acceptors (Lipinski definition) is 2. The molecule has 2 rings (SSSR count). The Bertz CT molecular complexity index is 513. The van der Waals surface area contributed by atoms with Crippen molar-refractivity contribution in [1.29, 1.82) is 5.26 Å². The zero-order valence-corrected chi connectivity index (χ0v) is 11.4. The first-order valence-electron chi connectivity index (χ1n) is 6.82. The SMILES string of the molecule is CCCN(CC1CC1)c1ccc(C(F)(F)F)cc1C#N. The normalized spacial score (nSPS) is 14.9. The number of anilines is 1. The molecule has 1 aliphatic rings. The van der Waals surface area contributed by atoms with Gasteiger partial charge in [-0.15, -0.1) is 0 Å². The second-order valence-electron chi connectivity index (χ2n) is 5.23. The first-order chi connectivity index (χ1) is 9.45. The number of alkyl halides is 3. The maximum absolute atomic E-state index is 12.7. The summed E-state index contributed by atoms with van der Waals surface area (Å²) in [5.41, 5.74) is -0.0381. The topological polar surface area (TPSA) is 27.0 Å². The highest BCUT2D eigenvalue weighted by atomic mass is 19.4. The highest BCUT2D eigenvalue weighted by Crippen LogP contribution is 2.35. The van der Waals surface area contributed by atoms with Crippen molar-refractivity contribution < 1.29 is 13.2 Å². The van der Waals surface area contributed by atoms with E-state index in [9.17, 15) is 13.2 Å². The van der Waals surface area contributed by atoms with Gasteiger partial charge in [0.05, 0.1) is 16.8 Å². The molecule has 0 spiro atoms. The molecule has 0 unspecified atom stereocenters. The number of benzene rings is 1. The van der Waals surface area contributed by atoms with Crippen LogP contribution >= 0.6 is 0 Å². The fourth-order valence-corrected chi connectivity index (χ4v) is 2.27. The monoisotopic (exact) mass is 282 g/mol. The molecule has 1 saturated carbocycles. The average molecular weight is 282 g/mol. The van der Waals surface area contributed by atoms with Crippen LogP contribution in [0.1, 0.15) is 37.3 Å². The number of rotatable bonds is 5. The van der Waals surface area contributed by atoms with Crippen LogP contribution < -0.4 is 4.90 Å². The predicted molar refractivity (Wildman–Crippen MR) is 71.4 cm³/mol. The zero-order chi connectivity index (χ0) is 14.8. The molecule has 5 heteroatoms. The quantitative estimate of drug-likeness (QED) is 0.809. The van der Waals surface area contributed by atoms with Gasteiger partial charge >= 0.3 is 6.18 Å². The van der Waals surface area contributed by atoms with Crippen LogP contribution in [0.3, 0.4) is 0 Å². The van der Waals surface area contributed by atoms with Gasteiger partial charge in [0.15, 0.2) is 0 Å². The van der Waals surface area contributed by atoms with E-state index >= 15 is 0 Å². The van der Waals surface area contributed by atoms with Crippen LogP contribution in [-0.4, -0.2) is 13.1 Å². The highest BCUT2D eigenvalue weighted by molar-refractivity contribution is 5.61. The molecule has 1 aromatic rings. The first kappa shape index (κ1) is 14.7. The molecule has 0 N–H and O–H groups in total. The standard InChI is InChI=1S/C15H17F3N2/c1-2-7-20(10-11-3-4-11)14-6-5-13(15(16,17)18)8-12(14)9-19/h5-6,8,11H,2-4,7,10H2,1H3. The molecule has 0 amide bonds. The van der Waals surface area contributed by atoms with Crippen molar-refractivity contribution in [1.82, 2.24) is 0 Å². The van der Waals surface area contributed by atoms with E-state index in [1.165, 1.54) is 18.9 Å². The van der Waals surface area contributed by atoms with Crippen LogP contribution in [0.2, 0.25) is 0 Å². The second-order valence-corrected chi connectivity index (χ2v) is 5.23. The van der Waals surface area contributed by atoms with Crippen LogP contribution in [0.25, 0.3) is 0 Å². The van der Waals surface area contributed by atoms with Gasteiger partial charge in [0.2, 0.25) is 0 Å². The Labute approximate surface area is 116 Å². The molecule has 0 aliphatic heterocycles. The van der Waals surface area contributed by atoms with Crippen molar-refractivity contribution in [3.8, 4) is 6.07 Å². The van der Waals surface area contributed by atoms with Gasteiger partial charge in [0.25, 0.3) is 0 Å². The molecule has 20 heavy (non-hydrogen) atoms. The lowest BCUT2D eigenvalue weighted by molar-refractivity contribution is -0.137. The number of nitrogens with zero attached hydrogens (tertiary/aromatic N) is 2. The van der Waals surface area contributed by atoms with E-state index < -0.39 is 11.7 Å². The summed E-state index contributed by atoms with van der Waals surface area (Å²) in [7, 11) is 0. The van der Waals surface area contributed by atoms with Crippen LogP contribution in [0.5, 0.6) is 0 Å². The number of nitriles is 1. The van der Waals surface area contributed by atoms with Crippen molar-refractivity contribution >= 4 is 5.69 Å². The van der Waals surface area contributed by atoms with Crippen LogP contribution in [0.15, 0.2) is 18.2 Å². The summed E-state index contributed by atoms with van der Waals surface area (Å²) >= 11 is 0. The summed E-state index contributed by atoms with van der Waals surface area (Å²) in [5.74, 6) is 0.621. The minimum Gasteiger partial charge on any atom is -0.370 e. The third-order valence-electron chi connectivity index (χ3n) is 3.45. The first-order valence-corrected chi connectivity index (χ1v) is 6.82. The predicted octanol–water partition coefficient (Wildman–Crippen LogP) is 4.20. The van der Waals surface area contributed by atoms with E-state index in [1.807, 2.05) is 17.9 Å². The Balaban J connectivity index is 2.31. The minimum atomic E-state index is -4.41. The maximum atomic E-state index is 12.7. The van der Waals surface area contributed by atoms with Gasteiger partial charge in [0, 0.05) is 13.1 Å². The molecular weight excluding hydrogens is 265 g/mol. The van der Waals surface area contributed by atoms with Crippen LogP contribution in [0.4, 0.5) is 18.9 Å². The lowest BCUT2D eigenvalue weighted by atomic mass is 10.1. The summed E-state index contributed by atoms with van der Waals surface area (Å²) in [6.07, 6.45) is -1.17. The molecule has 0 atom stereocenters. The third kappa shape index (κ3) is 3.44. The molecule has 0 aromatic heterocycles. The van der Waals surface area contributed by atoms with Crippen molar-refractivity contribution in [2.24, 2.45) is 5.92 Å². The number of halogens is 3. The fourth-order valence-electron chi connectivity index (χ4n) is 2.27. The van der Waals surface area contributed by atoms with Gasteiger partial charge in [-0.2, -0.15) is 18.4 Å². The average Bonchev–Trinajstić information content (AvgIpc) is 3.20. The number of hydrogen-bond donors (Lipinski definition) is 0. The Morgan fingerprint density at radius 1 is 1.35 bits per heavy atom. The Kier molecular flexibility index (Phi) is 4.22. The van der Waals surface area contributed by atoms with Crippen molar-refractivity contribution in [3.05, 3.63) is 29.3 Å². The molecule has 108 valence electrons. The van der Waals surface area contributed by atoms with Gasteiger partial charge in [-0.1, -0.05) is 6.92 Å². The van der Waals surface area contributed by atoms with Crippen LogP contribution in [-0.2, 0) is 6.18 Å². The molecule has 1 aliphatic carbocycles. The smallest absolute Gasteiger partial charge is 0.370 e. The molecule has 0 heterocycles.